The van der Waals surface area contributed by atoms with Gasteiger partial charge in [0.25, 0.3) is 5.56 Å². The molecule has 8 heteroatoms. The van der Waals surface area contributed by atoms with E-state index in [9.17, 15) is 9.59 Å². The maximum Gasteiger partial charge on any atom is 0.254 e. The van der Waals surface area contributed by atoms with Gasteiger partial charge in [-0.15, -0.1) is 0 Å². The predicted octanol–water partition coefficient (Wildman–Crippen LogP) is 3.48. The Bertz CT molecular complexity index is 1190. The van der Waals surface area contributed by atoms with E-state index in [1.54, 1.807) is 19.2 Å². The number of carbonyl (C=O) groups excluding carboxylic acids is 1. The van der Waals surface area contributed by atoms with Gasteiger partial charge in [-0.3, -0.25) is 14.2 Å². The fourth-order valence-corrected chi connectivity index (χ4v) is 4.17. The Hall–Kier alpha value is -3.32. The first kappa shape index (κ1) is 22.9. The summed E-state index contributed by atoms with van der Waals surface area (Å²) in [4.78, 5) is 34.7. The van der Waals surface area contributed by atoms with Crippen LogP contribution in [0.15, 0.2) is 59.4 Å². The number of hydrogen-bond acceptors (Lipinski definition) is 5. The van der Waals surface area contributed by atoms with Crippen LogP contribution in [0.3, 0.4) is 0 Å². The fraction of sp³-hybridized carbons (Fsp3) is 0.320. The number of nitrogens with zero attached hydrogens (tertiary/aromatic N) is 4. The van der Waals surface area contributed by atoms with Gasteiger partial charge in [-0.05, 0) is 42.8 Å². The molecule has 0 saturated carbocycles. The van der Waals surface area contributed by atoms with Crippen molar-refractivity contribution in [2.45, 2.75) is 19.9 Å². The molecule has 1 amide bonds. The Kier molecular flexibility index (Phi) is 6.99. The SMILES string of the molecule is CCc1cc(=O)n(CC(=O)N2CCN(c3ccc(OC)cc3)CC2)c(-c2cccc(Cl)c2)n1. The van der Waals surface area contributed by atoms with E-state index < -0.39 is 0 Å². The summed E-state index contributed by atoms with van der Waals surface area (Å²) < 4.78 is 6.67. The van der Waals surface area contributed by atoms with Crippen LogP contribution in [-0.2, 0) is 17.8 Å². The minimum atomic E-state index is -0.234. The van der Waals surface area contributed by atoms with Gasteiger partial charge in [0.15, 0.2) is 0 Å². The van der Waals surface area contributed by atoms with E-state index >= 15 is 0 Å². The third kappa shape index (κ3) is 5.20. The average Bonchev–Trinajstić information content (AvgIpc) is 2.85. The van der Waals surface area contributed by atoms with Crippen LogP contribution in [0.4, 0.5) is 5.69 Å². The quantitative estimate of drug-likeness (QED) is 0.556. The molecule has 2 aromatic carbocycles. The van der Waals surface area contributed by atoms with Gasteiger partial charge in [-0.25, -0.2) is 4.98 Å². The first-order valence-electron chi connectivity index (χ1n) is 11.0. The highest BCUT2D eigenvalue weighted by Gasteiger charge is 2.23. The van der Waals surface area contributed by atoms with Crippen molar-refractivity contribution in [3.63, 3.8) is 0 Å². The molecule has 1 fully saturated rings. The molecule has 1 aromatic heterocycles. The summed E-state index contributed by atoms with van der Waals surface area (Å²) in [6.07, 6.45) is 0.630. The van der Waals surface area contributed by atoms with Gasteiger partial charge in [0.05, 0.1) is 7.11 Å². The number of aryl methyl sites for hydroxylation is 1. The van der Waals surface area contributed by atoms with Gasteiger partial charge in [0.1, 0.15) is 18.1 Å². The summed E-state index contributed by atoms with van der Waals surface area (Å²) >= 11 is 6.17. The van der Waals surface area contributed by atoms with Crippen molar-refractivity contribution in [3.8, 4) is 17.1 Å². The Morgan fingerprint density at radius 1 is 1.06 bits per heavy atom. The summed E-state index contributed by atoms with van der Waals surface area (Å²) in [5, 5.41) is 0.552. The second-order valence-electron chi connectivity index (χ2n) is 7.93. The van der Waals surface area contributed by atoms with E-state index in [2.05, 4.69) is 9.88 Å². The Morgan fingerprint density at radius 2 is 1.79 bits per heavy atom. The molecular weight excluding hydrogens is 440 g/mol. The summed E-state index contributed by atoms with van der Waals surface area (Å²) in [5.41, 5.74) is 2.27. The Balaban J connectivity index is 1.50. The number of rotatable bonds is 6. The highest BCUT2D eigenvalue weighted by atomic mass is 35.5. The Morgan fingerprint density at radius 3 is 2.42 bits per heavy atom. The van der Waals surface area contributed by atoms with Gasteiger partial charge in [-0.1, -0.05) is 30.7 Å². The van der Waals surface area contributed by atoms with Crippen LogP contribution in [0.1, 0.15) is 12.6 Å². The second kappa shape index (κ2) is 10.1. The van der Waals surface area contributed by atoms with Gasteiger partial charge < -0.3 is 14.5 Å². The zero-order valence-corrected chi connectivity index (χ0v) is 19.6. The zero-order chi connectivity index (χ0) is 23.4. The largest absolute Gasteiger partial charge is 0.497 e. The van der Waals surface area contributed by atoms with Crippen molar-refractivity contribution in [2.24, 2.45) is 0 Å². The third-order valence-electron chi connectivity index (χ3n) is 5.87. The number of ether oxygens (including phenoxy) is 1. The van der Waals surface area contributed by atoms with Crippen LogP contribution >= 0.6 is 11.6 Å². The van der Waals surface area contributed by atoms with Crippen LogP contribution in [0, 0.1) is 0 Å². The smallest absolute Gasteiger partial charge is 0.254 e. The van der Waals surface area contributed by atoms with Crippen LogP contribution < -0.4 is 15.2 Å². The van der Waals surface area contributed by atoms with Crippen LogP contribution in [-0.4, -0.2) is 53.6 Å². The molecular formula is C25H27ClN4O3. The molecule has 1 aliphatic heterocycles. The minimum Gasteiger partial charge on any atom is -0.497 e. The zero-order valence-electron chi connectivity index (χ0n) is 18.8. The van der Waals surface area contributed by atoms with Crippen molar-refractivity contribution >= 4 is 23.2 Å². The molecule has 7 nitrogen and oxygen atoms in total. The van der Waals surface area contributed by atoms with E-state index in [4.69, 9.17) is 16.3 Å². The maximum absolute atomic E-state index is 13.1. The van der Waals surface area contributed by atoms with Crippen LogP contribution in [0.5, 0.6) is 5.75 Å². The molecule has 172 valence electrons. The van der Waals surface area contributed by atoms with Gasteiger partial charge in [0, 0.05) is 54.2 Å². The standard InChI is InChI=1S/C25H27ClN4O3/c1-3-20-16-23(31)30(25(27-20)18-5-4-6-19(26)15-18)17-24(32)29-13-11-28(12-14-29)21-7-9-22(33-2)10-8-21/h4-10,15-16H,3,11-14,17H2,1-2H3. The van der Waals surface area contributed by atoms with E-state index in [1.165, 1.54) is 10.6 Å². The van der Waals surface area contributed by atoms with Gasteiger partial charge in [0.2, 0.25) is 5.91 Å². The van der Waals surface area contributed by atoms with Crippen molar-refractivity contribution < 1.29 is 9.53 Å². The molecule has 33 heavy (non-hydrogen) atoms. The summed E-state index contributed by atoms with van der Waals surface area (Å²) in [6, 6.07) is 16.6. The van der Waals surface area contributed by atoms with E-state index in [0.717, 1.165) is 24.5 Å². The molecule has 0 aliphatic carbocycles. The summed E-state index contributed by atoms with van der Waals surface area (Å²) in [6.45, 7) is 4.52. The number of aromatic nitrogens is 2. The minimum absolute atomic E-state index is 0.0553. The number of anilines is 1. The molecule has 1 saturated heterocycles. The van der Waals surface area contributed by atoms with Crippen molar-refractivity contribution in [1.82, 2.24) is 14.5 Å². The highest BCUT2D eigenvalue weighted by Crippen LogP contribution is 2.22. The molecule has 3 aromatic rings. The maximum atomic E-state index is 13.1. The van der Waals surface area contributed by atoms with Crippen LogP contribution in [0.2, 0.25) is 5.02 Å². The number of piperazine rings is 1. The molecule has 2 heterocycles. The van der Waals surface area contributed by atoms with E-state index in [0.29, 0.717) is 41.6 Å². The first-order chi connectivity index (χ1) is 16.0. The average molecular weight is 467 g/mol. The number of halogens is 1. The molecule has 1 aliphatic rings. The number of benzene rings is 2. The highest BCUT2D eigenvalue weighted by molar-refractivity contribution is 6.30. The van der Waals surface area contributed by atoms with Crippen molar-refractivity contribution in [3.05, 3.63) is 75.7 Å². The summed E-state index contributed by atoms with van der Waals surface area (Å²) in [7, 11) is 1.65. The molecule has 4 rings (SSSR count). The normalized spacial score (nSPS) is 13.8. The molecule has 0 atom stereocenters. The van der Waals surface area contributed by atoms with Crippen molar-refractivity contribution in [2.75, 3.05) is 38.2 Å². The van der Waals surface area contributed by atoms with Gasteiger partial charge in [-0.2, -0.15) is 0 Å². The lowest BCUT2D eigenvalue weighted by atomic mass is 10.2. The first-order valence-corrected chi connectivity index (χ1v) is 11.4. The third-order valence-corrected chi connectivity index (χ3v) is 6.10. The monoisotopic (exact) mass is 466 g/mol. The second-order valence-corrected chi connectivity index (χ2v) is 8.36. The number of methoxy groups -OCH3 is 1. The molecule has 0 unspecified atom stereocenters. The molecule has 0 bridgehead atoms. The Labute approximate surface area is 198 Å². The lowest BCUT2D eigenvalue weighted by Gasteiger charge is -2.36. The summed E-state index contributed by atoms with van der Waals surface area (Å²) in [5.74, 6) is 1.18. The topological polar surface area (TPSA) is 67.7 Å². The number of carbonyl (C=O) groups is 1. The van der Waals surface area contributed by atoms with E-state index in [-0.39, 0.29) is 18.0 Å². The van der Waals surface area contributed by atoms with E-state index in [1.807, 2.05) is 48.2 Å². The lowest BCUT2D eigenvalue weighted by molar-refractivity contribution is -0.132. The predicted molar refractivity (Wildman–Crippen MR) is 130 cm³/mol. The number of amides is 1. The molecule has 0 spiro atoms. The molecule has 0 radical (unpaired) electrons. The van der Waals surface area contributed by atoms with Crippen molar-refractivity contribution in [1.29, 1.82) is 0 Å². The fourth-order valence-electron chi connectivity index (χ4n) is 3.98. The molecule has 0 N–H and O–H groups in total. The number of hydrogen-bond donors (Lipinski definition) is 0. The lowest BCUT2D eigenvalue weighted by Crippen LogP contribution is -2.50. The van der Waals surface area contributed by atoms with Gasteiger partial charge >= 0.3 is 0 Å². The van der Waals surface area contributed by atoms with Crippen LogP contribution in [0.25, 0.3) is 11.4 Å².